The van der Waals surface area contributed by atoms with E-state index in [9.17, 15) is 0 Å². The van der Waals surface area contributed by atoms with E-state index in [4.69, 9.17) is 11.5 Å². The third-order valence-corrected chi connectivity index (χ3v) is 2.64. The van der Waals surface area contributed by atoms with Gasteiger partial charge in [-0.15, -0.1) is 0 Å². The average molecular weight is 192 g/mol. The molecule has 0 aromatic heterocycles. The lowest BCUT2D eigenvalue weighted by Gasteiger charge is -2.14. The van der Waals surface area contributed by atoms with Crippen LogP contribution in [0.5, 0.6) is 0 Å². The van der Waals surface area contributed by atoms with Crippen LogP contribution in [-0.4, -0.2) is 0 Å². The topological polar surface area (TPSA) is 52.0 Å². The van der Waals surface area contributed by atoms with Gasteiger partial charge in [0.15, 0.2) is 0 Å². The predicted octanol–water partition coefficient (Wildman–Crippen LogP) is 2.69. The van der Waals surface area contributed by atoms with Crippen molar-refractivity contribution in [3.05, 3.63) is 28.8 Å². The molecule has 0 radical (unpaired) electrons. The Bertz CT molecular complexity index is 295. The summed E-state index contributed by atoms with van der Waals surface area (Å²) < 4.78 is 0. The van der Waals surface area contributed by atoms with Gasteiger partial charge in [-0.2, -0.15) is 0 Å². The molecule has 0 fully saturated rings. The molecule has 0 saturated carbocycles. The smallest absolute Gasteiger partial charge is 0.0373 e. The van der Waals surface area contributed by atoms with Crippen LogP contribution in [0.1, 0.15) is 42.5 Å². The predicted molar refractivity (Wildman–Crippen MR) is 62.2 cm³/mol. The maximum atomic E-state index is 6.05. The van der Waals surface area contributed by atoms with Gasteiger partial charge in [0.2, 0.25) is 0 Å². The average Bonchev–Trinajstić information content (AvgIpc) is 2.13. The lowest BCUT2D eigenvalue weighted by atomic mass is 9.97. The molecule has 1 rings (SSSR count). The van der Waals surface area contributed by atoms with E-state index >= 15 is 0 Å². The summed E-state index contributed by atoms with van der Waals surface area (Å²) in [4.78, 5) is 0. The van der Waals surface area contributed by atoms with Crippen molar-refractivity contribution in [2.75, 3.05) is 5.73 Å². The summed E-state index contributed by atoms with van der Waals surface area (Å²) in [6.45, 7) is 6.21. The fourth-order valence-corrected chi connectivity index (χ4v) is 1.70. The number of nitrogen functional groups attached to an aromatic ring is 1. The van der Waals surface area contributed by atoms with Crippen LogP contribution in [0.3, 0.4) is 0 Å². The van der Waals surface area contributed by atoms with Crippen molar-refractivity contribution < 1.29 is 0 Å². The molecule has 0 aliphatic carbocycles. The van der Waals surface area contributed by atoms with E-state index in [1.165, 1.54) is 5.56 Å². The van der Waals surface area contributed by atoms with Crippen LogP contribution in [0.4, 0.5) is 5.69 Å². The zero-order valence-electron chi connectivity index (χ0n) is 9.30. The number of nitrogens with two attached hydrogens (primary N) is 2. The van der Waals surface area contributed by atoms with Crippen LogP contribution in [0.15, 0.2) is 12.1 Å². The summed E-state index contributed by atoms with van der Waals surface area (Å²) in [6, 6.07) is 4.35. The standard InChI is InChI=1S/C12H20N2/c1-4-5-11(13)10-6-8(2)12(14)9(3)7-10/h6-7,11H,4-5,13-14H2,1-3H3/t11-/m1/s1. The lowest BCUT2D eigenvalue weighted by Crippen LogP contribution is -2.10. The van der Waals surface area contributed by atoms with Crippen LogP contribution >= 0.6 is 0 Å². The Hall–Kier alpha value is -1.02. The number of anilines is 1. The highest BCUT2D eigenvalue weighted by atomic mass is 14.6. The first-order chi connectivity index (χ1) is 6.56. The molecule has 2 heteroatoms. The molecule has 0 saturated heterocycles. The Morgan fingerprint density at radius 1 is 1.21 bits per heavy atom. The van der Waals surface area contributed by atoms with Gasteiger partial charge in [0, 0.05) is 11.7 Å². The SMILES string of the molecule is CCC[C@@H](N)c1cc(C)c(N)c(C)c1. The minimum Gasteiger partial charge on any atom is -0.398 e. The molecule has 78 valence electrons. The fraction of sp³-hybridized carbons (Fsp3) is 0.500. The summed E-state index contributed by atoms with van der Waals surface area (Å²) in [7, 11) is 0. The normalized spacial score (nSPS) is 12.9. The van der Waals surface area contributed by atoms with E-state index in [1.807, 2.05) is 13.8 Å². The van der Waals surface area contributed by atoms with Crippen molar-refractivity contribution >= 4 is 5.69 Å². The van der Waals surface area contributed by atoms with E-state index in [0.717, 1.165) is 29.7 Å². The molecule has 1 atom stereocenters. The second-order valence-electron chi connectivity index (χ2n) is 3.96. The molecule has 0 amide bonds. The van der Waals surface area contributed by atoms with E-state index in [2.05, 4.69) is 19.1 Å². The Labute approximate surface area is 86.3 Å². The molecule has 14 heavy (non-hydrogen) atoms. The van der Waals surface area contributed by atoms with Crippen molar-refractivity contribution in [2.45, 2.75) is 39.7 Å². The van der Waals surface area contributed by atoms with Crippen molar-refractivity contribution in [3.8, 4) is 0 Å². The third-order valence-electron chi connectivity index (χ3n) is 2.64. The van der Waals surface area contributed by atoms with Crippen LogP contribution in [-0.2, 0) is 0 Å². The first-order valence-electron chi connectivity index (χ1n) is 5.18. The fourth-order valence-electron chi connectivity index (χ4n) is 1.70. The number of aryl methyl sites for hydroxylation is 2. The first kappa shape index (κ1) is 11.1. The van der Waals surface area contributed by atoms with E-state index in [1.54, 1.807) is 0 Å². The number of rotatable bonds is 3. The highest BCUT2D eigenvalue weighted by molar-refractivity contribution is 5.54. The monoisotopic (exact) mass is 192 g/mol. The molecule has 0 bridgehead atoms. The Morgan fingerprint density at radius 3 is 2.14 bits per heavy atom. The van der Waals surface area contributed by atoms with Gasteiger partial charge in [-0.3, -0.25) is 0 Å². The highest BCUT2D eigenvalue weighted by Gasteiger charge is 2.07. The van der Waals surface area contributed by atoms with Crippen LogP contribution < -0.4 is 11.5 Å². The number of hydrogen-bond donors (Lipinski definition) is 2. The van der Waals surface area contributed by atoms with Crippen LogP contribution in [0.2, 0.25) is 0 Å². The van der Waals surface area contributed by atoms with Crippen LogP contribution in [0.25, 0.3) is 0 Å². The molecule has 0 aliphatic heterocycles. The van der Waals surface area contributed by atoms with Gasteiger partial charge in [0.1, 0.15) is 0 Å². The van der Waals surface area contributed by atoms with Crippen molar-refractivity contribution in [1.29, 1.82) is 0 Å². The Balaban J connectivity index is 3.00. The van der Waals surface area contributed by atoms with Gasteiger partial charge in [-0.25, -0.2) is 0 Å². The molecule has 0 heterocycles. The molecular weight excluding hydrogens is 172 g/mol. The maximum absolute atomic E-state index is 6.05. The Morgan fingerprint density at radius 2 is 1.71 bits per heavy atom. The van der Waals surface area contributed by atoms with Gasteiger partial charge in [0.25, 0.3) is 0 Å². The summed E-state index contributed by atoms with van der Waals surface area (Å²) >= 11 is 0. The van der Waals surface area contributed by atoms with Gasteiger partial charge < -0.3 is 11.5 Å². The van der Waals surface area contributed by atoms with Gasteiger partial charge in [-0.05, 0) is 37.0 Å². The molecule has 4 N–H and O–H groups in total. The quantitative estimate of drug-likeness (QED) is 0.723. The third kappa shape index (κ3) is 2.26. The summed E-state index contributed by atoms with van der Waals surface area (Å²) in [5, 5.41) is 0. The van der Waals surface area contributed by atoms with E-state index < -0.39 is 0 Å². The lowest BCUT2D eigenvalue weighted by molar-refractivity contribution is 0.638. The van der Waals surface area contributed by atoms with E-state index in [-0.39, 0.29) is 6.04 Å². The summed E-state index contributed by atoms with van der Waals surface area (Å²) in [6.07, 6.45) is 2.15. The zero-order chi connectivity index (χ0) is 10.7. The number of hydrogen-bond acceptors (Lipinski definition) is 2. The van der Waals surface area contributed by atoms with E-state index in [0.29, 0.717) is 0 Å². The Kier molecular flexibility index (Phi) is 3.53. The van der Waals surface area contributed by atoms with Gasteiger partial charge in [0.05, 0.1) is 0 Å². The summed E-state index contributed by atoms with van der Waals surface area (Å²) in [5.41, 5.74) is 16.3. The second kappa shape index (κ2) is 4.47. The molecule has 0 aliphatic rings. The highest BCUT2D eigenvalue weighted by Crippen LogP contribution is 2.23. The molecule has 1 aromatic carbocycles. The maximum Gasteiger partial charge on any atom is 0.0373 e. The second-order valence-corrected chi connectivity index (χ2v) is 3.96. The zero-order valence-corrected chi connectivity index (χ0v) is 9.30. The minimum atomic E-state index is 0.151. The van der Waals surface area contributed by atoms with Crippen LogP contribution in [0, 0.1) is 13.8 Å². The molecule has 0 unspecified atom stereocenters. The first-order valence-corrected chi connectivity index (χ1v) is 5.18. The minimum absolute atomic E-state index is 0.151. The molecule has 1 aromatic rings. The molecule has 0 spiro atoms. The van der Waals surface area contributed by atoms with Gasteiger partial charge in [-0.1, -0.05) is 25.5 Å². The largest absolute Gasteiger partial charge is 0.398 e. The molecule has 2 nitrogen and oxygen atoms in total. The van der Waals surface area contributed by atoms with Crippen molar-refractivity contribution in [3.63, 3.8) is 0 Å². The summed E-state index contributed by atoms with van der Waals surface area (Å²) in [5.74, 6) is 0. The van der Waals surface area contributed by atoms with Crippen molar-refractivity contribution in [1.82, 2.24) is 0 Å². The number of benzene rings is 1. The molecular formula is C12H20N2. The van der Waals surface area contributed by atoms with Crippen molar-refractivity contribution in [2.24, 2.45) is 5.73 Å². The van der Waals surface area contributed by atoms with Gasteiger partial charge >= 0.3 is 0 Å².